The maximum Gasteiger partial charge on any atom is 0.243 e. The van der Waals surface area contributed by atoms with Crippen LogP contribution in [0.2, 0.25) is 5.02 Å². The van der Waals surface area contributed by atoms with Crippen molar-refractivity contribution in [2.75, 3.05) is 13.1 Å². The molecule has 1 saturated heterocycles. The molecule has 31 heavy (non-hydrogen) atoms. The number of carbonyl (C=O) groups excluding carboxylic acids is 1. The Labute approximate surface area is 186 Å². The van der Waals surface area contributed by atoms with Gasteiger partial charge in [-0.3, -0.25) is 9.69 Å². The molecule has 0 atom stereocenters. The van der Waals surface area contributed by atoms with Crippen LogP contribution in [-0.4, -0.2) is 29.6 Å². The molecule has 4 nitrogen and oxygen atoms in total. The topological polar surface area (TPSA) is 44.7 Å². The van der Waals surface area contributed by atoms with Gasteiger partial charge in [0.1, 0.15) is 5.82 Å². The molecule has 0 aromatic heterocycles. The fraction of sp³-hybridized carbons (Fsp3) is 0.280. The number of nitrogens with one attached hydrogen (secondary N) is 1. The van der Waals surface area contributed by atoms with Crippen molar-refractivity contribution in [2.24, 2.45) is 11.0 Å². The minimum Gasteiger partial charge on any atom is -0.299 e. The molecule has 0 spiro atoms. The molecule has 3 aromatic rings. The largest absolute Gasteiger partial charge is 0.299 e. The molecule has 1 amide bonds. The number of rotatable bonds is 5. The number of benzene rings is 3. The van der Waals surface area contributed by atoms with Crippen LogP contribution in [0.5, 0.6) is 0 Å². The van der Waals surface area contributed by atoms with Gasteiger partial charge in [-0.1, -0.05) is 54.1 Å². The first-order valence-corrected chi connectivity index (χ1v) is 10.9. The maximum atomic E-state index is 13.2. The Balaban J connectivity index is 1.31. The van der Waals surface area contributed by atoms with Crippen LogP contribution in [0.15, 0.2) is 65.8 Å². The van der Waals surface area contributed by atoms with Crippen LogP contribution in [0, 0.1) is 11.7 Å². The first-order chi connectivity index (χ1) is 15.0. The predicted molar refractivity (Wildman–Crippen MR) is 124 cm³/mol. The van der Waals surface area contributed by atoms with E-state index in [1.54, 1.807) is 6.07 Å². The lowest BCUT2D eigenvalue weighted by Gasteiger charge is -2.31. The minimum absolute atomic E-state index is 0.0420. The summed E-state index contributed by atoms with van der Waals surface area (Å²) in [4.78, 5) is 14.8. The molecule has 0 bridgehead atoms. The number of carbonyl (C=O) groups is 1. The van der Waals surface area contributed by atoms with Gasteiger partial charge < -0.3 is 0 Å². The Morgan fingerprint density at radius 1 is 1.10 bits per heavy atom. The van der Waals surface area contributed by atoms with Crippen LogP contribution in [0.1, 0.15) is 30.9 Å². The van der Waals surface area contributed by atoms with Crippen LogP contribution < -0.4 is 5.43 Å². The average Bonchev–Trinajstić information content (AvgIpc) is 2.79. The van der Waals surface area contributed by atoms with Crippen molar-refractivity contribution in [1.29, 1.82) is 0 Å². The van der Waals surface area contributed by atoms with Crippen molar-refractivity contribution < 1.29 is 9.18 Å². The highest BCUT2D eigenvalue weighted by Gasteiger charge is 2.25. The second kappa shape index (κ2) is 9.58. The molecule has 1 aliphatic rings. The number of hydrogen-bond donors (Lipinski definition) is 1. The van der Waals surface area contributed by atoms with E-state index in [4.69, 9.17) is 11.6 Å². The zero-order valence-electron chi connectivity index (χ0n) is 17.4. The van der Waals surface area contributed by atoms with E-state index in [9.17, 15) is 9.18 Å². The molecule has 0 radical (unpaired) electrons. The number of fused-ring (bicyclic) bond motifs is 1. The molecule has 0 saturated carbocycles. The monoisotopic (exact) mass is 437 g/mol. The quantitative estimate of drug-likeness (QED) is 0.430. The molecule has 3 aromatic carbocycles. The third-order valence-electron chi connectivity index (χ3n) is 5.87. The van der Waals surface area contributed by atoms with Crippen LogP contribution in [0.4, 0.5) is 4.39 Å². The van der Waals surface area contributed by atoms with E-state index >= 15 is 0 Å². The Kier molecular flexibility index (Phi) is 6.64. The predicted octanol–water partition coefficient (Wildman–Crippen LogP) is 5.38. The number of piperidine rings is 1. The summed E-state index contributed by atoms with van der Waals surface area (Å²) in [5.74, 6) is -0.434. The smallest absolute Gasteiger partial charge is 0.243 e. The third-order valence-corrected chi connectivity index (χ3v) is 6.22. The fourth-order valence-corrected chi connectivity index (χ4v) is 4.18. The highest BCUT2D eigenvalue weighted by Crippen LogP contribution is 2.23. The Morgan fingerprint density at radius 3 is 2.58 bits per heavy atom. The number of amides is 1. The highest BCUT2D eigenvalue weighted by molar-refractivity contribution is 6.31. The van der Waals surface area contributed by atoms with Crippen LogP contribution in [0.3, 0.4) is 0 Å². The normalized spacial score (nSPS) is 15.9. The van der Waals surface area contributed by atoms with Gasteiger partial charge in [-0.05, 0) is 73.0 Å². The number of nitrogens with zero attached hydrogens (tertiary/aromatic N) is 2. The number of halogens is 2. The number of hydrogen-bond acceptors (Lipinski definition) is 3. The Bertz CT molecular complexity index is 1120. The van der Waals surface area contributed by atoms with Crippen LogP contribution >= 0.6 is 11.6 Å². The summed E-state index contributed by atoms with van der Waals surface area (Å²) in [6, 6.07) is 18.8. The van der Waals surface area contributed by atoms with E-state index in [-0.39, 0.29) is 17.6 Å². The van der Waals surface area contributed by atoms with Gasteiger partial charge in [-0.15, -0.1) is 0 Å². The third kappa shape index (κ3) is 5.30. The summed E-state index contributed by atoms with van der Waals surface area (Å²) in [6.45, 7) is 4.14. The molecule has 160 valence electrons. The van der Waals surface area contributed by atoms with E-state index in [1.807, 2.05) is 25.1 Å². The average molecular weight is 438 g/mol. The van der Waals surface area contributed by atoms with Crippen molar-refractivity contribution in [1.82, 2.24) is 10.3 Å². The van der Waals surface area contributed by atoms with Gasteiger partial charge in [0, 0.05) is 17.5 Å². The number of likely N-dealkylation sites (tertiary alicyclic amines) is 1. The molecule has 1 heterocycles. The Hall–Kier alpha value is -2.76. The SMILES string of the molecule is CC(=NNC(=O)C1CCN(Cc2ccc(F)cc2Cl)CC1)c1ccc2ccccc2c1. The van der Waals surface area contributed by atoms with E-state index in [0.717, 1.165) is 48.2 Å². The summed E-state index contributed by atoms with van der Waals surface area (Å²) < 4.78 is 13.2. The molecule has 4 rings (SSSR count). The van der Waals surface area contributed by atoms with Gasteiger partial charge in [0.25, 0.3) is 0 Å². The van der Waals surface area contributed by atoms with Crippen LogP contribution in [-0.2, 0) is 11.3 Å². The zero-order chi connectivity index (χ0) is 21.8. The van der Waals surface area contributed by atoms with Gasteiger partial charge in [-0.2, -0.15) is 5.10 Å². The van der Waals surface area contributed by atoms with Gasteiger partial charge in [0.15, 0.2) is 0 Å². The molecule has 6 heteroatoms. The van der Waals surface area contributed by atoms with Crippen molar-refractivity contribution in [3.8, 4) is 0 Å². The van der Waals surface area contributed by atoms with E-state index in [0.29, 0.717) is 11.6 Å². The molecule has 1 fully saturated rings. The van der Waals surface area contributed by atoms with Gasteiger partial charge >= 0.3 is 0 Å². The molecule has 1 N–H and O–H groups in total. The zero-order valence-corrected chi connectivity index (χ0v) is 18.2. The van der Waals surface area contributed by atoms with Gasteiger partial charge in [-0.25, -0.2) is 9.82 Å². The first-order valence-electron chi connectivity index (χ1n) is 10.5. The second-order valence-electron chi connectivity index (χ2n) is 8.02. The highest BCUT2D eigenvalue weighted by atomic mass is 35.5. The van der Waals surface area contributed by atoms with E-state index in [1.165, 1.54) is 17.5 Å². The lowest BCUT2D eigenvalue weighted by atomic mass is 9.96. The standard InChI is InChI=1S/C25H25ClFN3O/c1-17(20-7-6-18-4-2-3-5-21(18)14-20)28-29-25(31)19-10-12-30(13-11-19)16-22-8-9-23(27)15-24(22)26/h2-9,14-15,19H,10-13,16H2,1H3,(H,29,31). The summed E-state index contributed by atoms with van der Waals surface area (Å²) in [5.41, 5.74) is 5.42. The fourth-order valence-electron chi connectivity index (χ4n) is 3.95. The second-order valence-corrected chi connectivity index (χ2v) is 8.43. The Morgan fingerprint density at radius 2 is 1.84 bits per heavy atom. The molecule has 0 unspecified atom stereocenters. The first kappa shape index (κ1) is 21.5. The van der Waals surface area contributed by atoms with E-state index in [2.05, 4.69) is 39.7 Å². The number of hydrazone groups is 1. The molecule has 0 aliphatic carbocycles. The summed E-state index contributed by atoms with van der Waals surface area (Å²) >= 11 is 6.14. The molecular formula is C25H25ClFN3O. The van der Waals surface area contributed by atoms with E-state index < -0.39 is 0 Å². The summed E-state index contributed by atoms with van der Waals surface area (Å²) in [7, 11) is 0. The maximum absolute atomic E-state index is 13.2. The van der Waals surface area contributed by atoms with Crippen molar-refractivity contribution in [3.63, 3.8) is 0 Å². The summed E-state index contributed by atoms with van der Waals surface area (Å²) in [5, 5.41) is 7.10. The lowest BCUT2D eigenvalue weighted by molar-refractivity contribution is -0.126. The lowest BCUT2D eigenvalue weighted by Crippen LogP contribution is -2.39. The molecule has 1 aliphatic heterocycles. The van der Waals surface area contributed by atoms with Gasteiger partial charge in [0.2, 0.25) is 5.91 Å². The van der Waals surface area contributed by atoms with Gasteiger partial charge in [0.05, 0.1) is 5.71 Å². The summed E-state index contributed by atoms with van der Waals surface area (Å²) in [6.07, 6.45) is 1.52. The minimum atomic E-state index is -0.330. The van der Waals surface area contributed by atoms with Crippen molar-refractivity contribution >= 4 is 34.0 Å². The van der Waals surface area contributed by atoms with Crippen molar-refractivity contribution in [2.45, 2.75) is 26.3 Å². The molecular weight excluding hydrogens is 413 g/mol. The van der Waals surface area contributed by atoms with Crippen LogP contribution in [0.25, 0.3) is 10.8 Å². The van der Waals surface area contributed by atoms with Crippen molar-refractivity contribution in [3.05, 3.63) is 82.6 Å².